The molecule has 214 valence electrons. The number of benzene rings is 4. The molecule has 1 fully saturated rings. The molecule has 0 radical (unpaired) electrons. The lowest BCUT2D eigenvalue weighted by Gasteiger charge is -2.45. The van der Waals surface area contributed by atoms with Gasteiger partial charge in [0.2, 0.25) is 11.8 Å². The Bertz CT molecular complexity index is 1670. The van der Waals surface area contributed by atoms with Gasteiger partial charge in [0.05, 0.1) is 35.4 Å². The maximum Gasteiger partial charge on any atom is 0.338 e. The summed E-state index contributed by atoms with van der Waals surface area (Å²) < 4.78 is 10.7. The zero-order valence-electron chi connectivity index (χ0n) is 23.4. The molecule has 3 aliphatic carbocycles. The molecule has 1 saturated heterocycles. The number of para-hydroxylation sites is 2. The van der Waals surface area contributed by atoms with Crippen molar-refractivity contribution < 1.29 is 28.7 Å². The maximum atomic E-state index is 13.9. The van der Waals surface area contributed by atoms with Crippen molar-refractivity contribution in [3.8, 4) is 5.75 Å². The quantitative estimate of drug-likeness (QED) is 0.239. The smallest absolute Gasteiger partial charge is 0.338 e. The summed E-state index contributed by atoms with van der Waals surface area (Å²) in [6, 6.07) is 29.3. The van der Waals surface area contributed by atoms with Gasteiger partial charge in [0.1, 0.15) is 5.75 Å². The topological polar surface area (TPSA) is 102 Å². The minimum atomic E-state index is -0.698. The van der Waals surface area contributed by atoms with Crippen molar-refractivity contribution in [2.75, 3.05) is 23.4 Å². The number of amides is 3. The summed E-state index contributed by atoms with van der Waals surface area (Å²) in [5.41, 5.74) is 5.52. The van der Waals surface area contributed by atoms with Gasteiger partial charge in [0.25, 0.3) is 5.91 Å². The van der Waals surface area contributed by atoms with Gasteiger partial charge in [-0.2, -0.15) is 0 Å². The molecule has 3 amide bonds. The summed E-state index contributed by atoms with van der Waals surface area (Å²) in [5, 5.41) is 2.69. The van der Waals surface area contributed by atoms with Crippen molar-refractivity contribution in [2.24, 2.45) is 11.8 Å². The van der Waals surface area contributed by atoms with E-state index in [2.05, 4.69) is 29.6 Å². The summed E-state index contributed by atoms with van der Waals surface area (Å²) in [6.07, 6.45) is 0. The molecule has 8 heteroatoms. The number of imide groups is 1. The largest absolute Gasteiger partial charge is 0.492 e. The molecular formula is C35H28N2O6. The Kier molecular flexibility index (Phi) is 6.54. The van der Waals surface area contributed by atoms with Crippen molar-refractivity contribution in [3.05, 3.63) is 125 Å². The van der Waals surface area contributed by atoms with Crippen molar-refractivity contribution in [2.45, 2.75) is 18.8 Å². The first-order valence-electron chi connectivity index (χ1n) is 14.3. The van der Waals surface area contributed by atoms with E-state index < -0.39 is 30.3 Å². The van der Waals surface area contributed by atoms with Gasteiger partial charge in [-0.25, -0.2) is 9.69 Å². The van der Waals surface area contributed by atoms with Crippen molar-refractivity contribution >= 4 is 35.1 Å². The van der Waals surface area contributed by atoms with E-state index >= 15 is 0 Å². The summed E-state index contributed by atoms with van der Waals surface area (Å²) in [7, 11) is 0. The van der Waals surface area contributed by atoms with Crippen LogP contribution in [-0.2, 0) is 19.1 Å². The second kappa shape index (κ2) is 10.5. The highest BCUT2D eigenvalue weighted by atomic mass is 16.5. The van der Waals surface area contributed by atoms with E-state index in [9.17, 15) is 19.2 Å². The van der Waals surface area contributed by atoms with Crippen LogP contribution in [0.3, 0.4) is 0 Å². The van der Waals surface area contributed by atoms with E-state index in [0.717, 1.165) is 22.3 Å². The lowest BCUT2D eigenvalue weighted by Crippen LogP contribution is -2.41. The fraction of sp³-hybridized carbons (Fsp3) is 0.200. The molecule has 4 aliphatic rings. The summed E-state index contributed by atoms with van der Waals surface area (Å²) in [6.45, 7) is 1.80. The number of ether oxygens (including phenoxy) is 2. The Morgan fingerprint density at radius 1 is 0.721 bits per heavy atom. The molecule has 4 aromatic carbocycles. The maximum absolute atomic E-state index is 13.9. The molecule has 2 atom stereocenters. The van der Waals surface area contributed by atoms with Crippen LogP contribution in [0.4, 0.5) is 11.4 Å². The monoisotopic (exact) mass is 572 g/mol. The van der Waals surface area contributed by atoms with Crippen LogP contribution >= 0.6 is 0 Å². The minimum absolute atomic E-state index is 0.190. The third-order valence-corrected chi connectivity index (χ3v) is 8.61. The zero-order valence-corrected chi connectivity index (χ0v) is 23.4. The summed E-state index contributed by atoms with van der Waals surface area (Å²) in [4.78, 5) is 54.3. The molecule has 0 aromatic heterocycles. The van der Waals surface area contributed by atoms with Gasteiger partial charge < -0.3 is 14.8 Å². The molecule has 1 heterocycles. The highest BCUT2D eigenvalue weighted by Gasteiger charge is 2.61. The van der Waals surface area contributed by atoms with Gasteiger partial charge in [-0.1, -0.05) is 60.7 Å². The van der Waals surface area contributed by atoms with Gasteiger partial charge in [-0.05, 0) is 65.6 Å². The molecule has 2 bridgehead atoms. The van der Waals surface area contributed by atoms with E-state index in [0.29, 0.717) is 23.7 Å². The number of carbonyl (C=O) groups is 4. The molecule has 1 aliphatic heterocycles. The van der Waals surface area contributed by atoms with Crippen LogP contribution in [0.5, 0.6) is 5.75 Å². The third kappa shape index (κ3) is 4.29. The first-order chi connectivity index (χ1) is 21.0. The van der Waals surface area contributed by atoms with Crippen LogP contribution in [0.25, 0.3) is 0 Å². The van der Waals surface area contributed by atoms with E-state index in [1.54, 1.807) is 36.4 Å². The van der Waals surface area contributed by atoms with Gasteiger partial charge >= 0.3 is 5.97 Å². The van der Waals surface area contributed by atoms with Crippen molar-refractivity contribution in [1.29, 1.82) is 0 Å². The molecular weight excluding hydrogens is 544 g/mol. The zero-order chi connectivity index (χ0) is 29.7. The lowest BCUT2D eigenvalue weighted by molar-refractivity contribution is -0.122. The highest BCUT2D eigenvalue weighted by Crippen LogP contribution is 2.61. The second-order valence-corrected chi connectivity index (χ2v) is 10.9. The van der Waals surface area contributed by atoms with E-state index in [1.165, 1.54) is 17.0 Å². The van der Waals surface area contributed by atoms with Gasteiger partial charge in [-0.3, -0.25) is 14.4 Å². The van der Waals surface area contributed by atoms with E-state index in [4.69, 9.17) is 9.47 Å². The molecule has 43 heavy (non-hydrogen) atoms. The predicted octanol–water partition coefficient (Wildman–Crippen LogP) is 5.28. The fourth-order valence-electron chi connectivity index (χ4n) is 6.93. The molecule has 0 spiro atoms. The number of hydrogen-bond donors (Lipinski definition) is 1. The Labute approximate surface area is 248 Å². The van der Waals surface area contributed by atoms with Gasteiger partial charge in [0.15, 0.2) is 6.61 Å². The SMILES string of the molecule is CCOc1ccccc1NC(=O)COC(=O)c1ccc(N2C(=O)[C@@H]3C4c5ccccc5C(c5ccccc54)[C@@H]3C2=O)cc1. The van der Waals surface area contributed by atoms with Crippen molar-refractivity contribution in [1.82, 2.24) is 0 Å². The molecule has 8 rings (SSSR count). The first-order valence-corrected chi connectivity index (χ1v) is 14.3. The molecule has 8 nitrogen and oxygen atoms in total. The number of hydrogen-bond acceptors (Lipinski definition) is 6. The highest BCUT2D eigenvalue weighted by molar-refractivity contribution is 6.23. The number of esters is 1. The Morgan fingerprint density at radius 3 is 1.77 bits per heavy atom. The predicted molar refractivity (Wildman–Crippen MR) is 159 cm³/mol. The average molecular weight is 573 g/mol. The number of nitrogens with zero attached hydrogens (tertiary/aromatic N) is 1. The van der Waals surface area contributed by atoms with E-state index in [-0.39, 0.29) is 29.2 Å². The minimum Gasteiger partial charge on any atom is -0.492 e. The van der Waals surface area contributed by atoms with Crippen LogP contribution in [0.2, 0.25) is 0 Å². The summed E-state index contributed by atoms with van der Waals surface area (Å²) >= 11 is 0. The number of anilines is 2. The fourth-order valence-corrected chi connectivity index (χ4v) is 6.93. The molecule has 0 saturated carbocycles. The normalized spacial score (nSPS) is 21.1. The molecule has 1 N–H and O–H groups in total. The van der Waals surface area contributed by atoms with Gasteiger partial charge in [0, 0.05) is 11.8 Å². The Balaban J connectivity index is 1.07. The lowest BCUT2D eigenvalue weighted by atomic mass is 9.55. The standard InChI is InChI=1S/C35H28N2O6/c1-2-42-27-14-8-7-13-26(27)36-28(38)19-43-35(41)20-15-17-21(18-16-20)37-33(39)31-29-22-9-3-4-10-23(22)30(32(31)34(37)40)25-12-6-5-11-24(25)29/h3-18,29-32H,2,19H2,1H3,(H,36,38)/t29?,30?,31-,32+. The van der Waals surface area contributed by atoms with E-state index in [1.807, 2.05) is 31.2 Å². The molecule has 4 aromatic rings. The number of carbonyl (C=O) groups excluding carboxylic acids is 4. The first kappa shape index (κ1) is 26.6. The van der Waals surface area contributed by atoms with Crippen LogP contribution in [0, 0.1) is 11.8 Å². The number of rotatable bonds is 7. The van der Waals surface area contributed by atoms with Crippen LogP contribution in [0.15, 0.2) is 97.1 Å². The van der Waals surface area contributed by atoms with Crippen molar-refractivity contribution in [3.63, 3.8) is 0 Å². The summed E-state index contributed by atoms with van der Waals surface area (Å²) in [5.74, 6) is -2.50. The third-order valence-electron chi connectivity index (χ3n) is 8.61. The van der Waals surface area contributed by atoms with Gasteiger partial charge in [-0.15, -0.1) is 0 Å². The van der Waals surface area contributed by atoms with Crippen LogP contribution in [-0.4, -0.2) is 36.9 Å². The number of nitrogens with one attached hydrogen (secondary N) is 1. The Morgan fingerprint density at radius 2 is 1.23 bits per heavy atom. The average Bonchev–Trinajstić information content (AvgIpc) is 3.31. The van der Waals surface area contributed by atoms with Crippen LogP contribution in [0.1, 0.15) is 51.4 Å². The second-order valence-electron chi connectivity index (χ2n) is 10.9. The van der Waals surface area contributed by atoms with Crippen LogP contribution < -0.4 is 15.0 Å². The Hall–Kier alpha value is -5.24. The molecule has 0 unspecified atom stereocenters.